The predicted molar refractivity (Wildman–Crippen MR) is 84.2 cm³/mol. The summed E-state index contributed by atoms with van der Waals surface area (Å²) in [5.41, 5.74) is 1.87. The van der Waals surface area contributed by atoms with E-state index in [1.165, 1.54) is 4.90 Å². The summed E-state index contributed by atoms with van der Waals surface area (Å²) in [6.07, 6.45) is 0.291. The summed E-state index contributed by atoms with van der Waals surface area (Å²) in [5, 5.41) is 8.54. The van der Waals surface area contributed by atoms with E-state index in [1.54, 1.807) is 14.1 Å². The number of urea groups is 1. The molecule has 0 aliphatic carbocycles. The normalized spacial score (nSPS) is 11.6. The van der Waals surface area contributed by atoms with Gasteiger partial charge in [-0.05, 0) is 31.7 Å². The van der Waals surface area contributed by atoms with Gasteiger partial charge in [0, 0.05) is 38.8 Å². The van der Waals surface area contributed by atoms with E-state index < -0.39 is 0 Å². The van der Waals surface area contributed by atoms with Crippen molar-refractivity contribution in [2.45, 2.75) is 19.4 Å². The van der Waals surface area contributed by atoms with E-state index in [0.717, 1.165) is 11.3 Å². The van der Waals surface area contributed by atoms with Gasteiger partial charge in [0.1, 0.15) is 0 Å². The number of anilines is 1. The summed E-state index contributed by atoms with van der Waals surface area (Å²) in [7, 11) is 5.28. The van der Waals surface area contributed by atoms with E-state index >= 15 is 0 Å². The lowest BCUT2D eigenvalue weighted by Crippen LogP contribution is -2.33. The minimum atomic E-state index is -0.309. The van der Waals surface area contributed by atoms with Crippen LogP contribution in [0.2, 0.25) is 0 Å². The van der Waals surface area contributed by atoms with Crippen LogP contribution in [-0.4, -0.2) is 44.5 Å². The number of amides is 3. The first-order valence-electron chi connectivity index (χ1n) is 6.96. The van der Waals surface area contributed by atoms with Crippen molar-refractivity contribution < 1.29 is 9.59 Å². The molecule has 6 heteroatoms. The Balaban J connectivity index is 2.39. The second-order valence-corrected chi connectivity index (χ2v) is 5.05. The van der Waals surface area contributed by atoms with Crippen LogP contribution in [0.5, 0.6) is 0 Å². The number of carbonyl (C=O) groups is 2. The Labute approximate surface area is 125 Å². The summed E-state index contributed by atoms with van der Waals surface area (Å²) in [6.45, 7) is 2.38. The van der Waals surface area contributed by atoms with E-state index in [-0.39, 0.29) is 18.0 Å². The zero-order valence-corrected chi connectivity index (χ0v) is 13.1. The molecule has 0 spiro atoms. The maximum absolute atomic E-state index is 11.7. The molecule has 0 fully saturated rings. The lowest BCUT2D eigenvalue weighted by molar-refractivity contribution is -0.128. The second-order valence-electron chi connectivity index (χ2n) is 5.05. The predicted octanol–water partition coefficient (Wildman–Crippen LogP) is 1.57. The summed E-state index contributed by atoms with van der Waals surface area (Å²) in [6, 6.07) is 7.60. The van der Waals surface area contributed by atoms with Gasteiger partial charge in [0.05, 0.1) is 0 Å². The minimum absolute atomic E-state index is 0.0132. The van der Waals surface area contributed by atoms with Crippen molar-refractivity contribution >= 4 is 17.6 Å². The summed E-state index contributed by atoms with van der Waals surface area (Å²) in [4.78, 5) is 24.5. The van der Waals surface area contributed by atoms with Crippen molar-refractivity contribution in [1.29, 1.82) is 0 Å². The molecule has 6 nitrogen and oxygen atoms in total. The van der Waals surface area contributed by atoms with E-state index in [1.807, 2.05) is 31.3 Å². The molecule has 1 aromatic rings. The third-order valence-electron chi connectivity index (χ3n) is 3.22. The Kier molecular flexibility index (Phi) is 6.68. The Hall–Kier alpha value is -2.08. The van der Waals surface area contributed by atoms with E-state index in [4.69, 9.17) is 0 Å². The SMILES string of the molecule is CNC(C)c1ccc(NC(=O)NCCC(=O)N(C)C)cc1. The van der Waals surface area contributed by atoms with Crippen molar-refractivity contribution in [3.05, 3.63) is 29.8 Å². The number of nitrogens with one attached hydrogen (secondary N) is 3. The third kappa shape index (κ3) is 5.83. The van der Waals surface area contributed by atoms with Crippen molar-refractivity contribution in [2.75, 3.05) is 33.0 Å². The fourth-order valence-electron chi connectivity index (χ4n) is 1.70. The average molecular weight is 292 g/mol. The molecule has 1 aromatic carbocycles. The number of rotatable bonds is 6. The van der Waals surface area contributed by atoms with Gasteiger partial charge in [-0.2, -0.15) is 0 Å². The van der Waals surface area contributed by atoms with E-state index in [0.29, 0.717) is 13.0 Å². The van der Waals surface area contributed by atoms with Gasteiger partial charge in [0.15, 0.2) is 0 Å². The summed E-state index contributed by atoms with van der Waals surface area (Å²) < 4.78 is 0. The van der Waals surface area contributed by atoms with Gasteiger partial charge in [-0.25, -0.2) is 4.79 Å². The zero-order valence-electron chi connectivity index (χ0n) is 13.1. The maximum Gasteiger partial charge on any atom is 0.319 e. The molecule has 0 saturated heterocycles. The first-order valence-corrected chi connectivity index (χ1v) is 6.96. The first kappa shape index (κ1) is 17.0. The molecule has 0 bridgehead atoms. The number of hydrogen-bond donors (Lipinski definition) is 3. The van der Waals surface area contributed by atoms with Crippen molar-refractivity contribution in [3.8, 4) is 0 Å². The molecule has 1 atom stereocenters. The minimum Gasteiger partial charge on any atom is -0.349 e. The fourth-order valence-corrected chi connectivity index (χ4v) is 1.70. The lowest BCUT2D eigenvalue weighted by atomic mass is 10.1. The van der Waals surface area contributed by atoms with Crippen LogP contribution in [0.1, 0.15) is 24.9 Å². The van der Waals surface area contributed by atoms with Crippen LogP contribution in [0.25, 0.3) is 0 Å². The lowest BCUT2D eigenvalue weighted by Gasteiger charge is -2.13. The average Bonchev–Trinajstić information content (AvgIpc) is 2.46. The molecule has 1 rings (SSSR count). The van der Waals surface area contributed by atoms with E-state index in [2.05, 4.69) is 22.9 Å². The topological polar surface area (TPSA) is 73.5 Å². The van der Waals surface area contributed by atoms with E-state index in [9.17, 15) is 9.59 Å². The van der Waals surface area contributed by atoms with Crippen LogP contribution in [0.3, 0.4) is 0 Å². The quantitative estimate of drug-likeness (QED) is 0.745. The molecular weight excluding hydrogens is 268 g/mol. The molecular formula is C15H24N4O2. The number of nitrogens with zero attached hydrogens (tertiary/aromatic N) is 1. The standard InChI is InChI=1S/C15H24N4O2/c1-11(16-2)12-5-7-13(8-6-12)18-15(21)17-10-9-14(20)19(3)4/h5-8,11,16H,9-10H2,1-4H3,(H2,17,18,21). The van der Waals surface area contributed by atoms with Crippen molar-refractivity contribution in [2.24, 2.45) is 0 Å². The van der Waals surface area contributed by atoms with Crippen LogP contribution in [0.15, 0.2) is 24.3 Å². The number of carbonyl (C=O) groups excluding carboxylic acids is 2. The molecule has 3 N–H and O–H groups in total. The molecule has 0 aliphatic rings. The zero-order chi connectivity index (χ0) is 15.8. The van der Waals surface area contributed by atoms with Gasteiger partial charge in [-0.3, -0.25) is 4.79 Å². The first-order chi connectivity index (χ1) is 9.93. The van der Waals surface area contributed by atoms with Gasteiger partial charge in [0.2, 0.25) is 5.91 Å². The Morgan fingerprint density at radius 1 is 1.19 bits per heavy atom. The Morgan fingerprint density at radius 2 is 1.81 bits per heavy atom. The molecule has 0 radical (unpaired) electrons. The monoisotopic (exact) mass is 292 g/mol. The highest BCUT2D eigenvalue weighted by Crippen LogP contribution is 2.15. The molecule has 116 valence electrons. The smallest absolute Gasteiger partial charge is 0.319 e. The number of hydrogen-bond acceptors (Lipinski definition) is 3. The van der Waals surface area contributed by atoms with Crippen molar-refractivity contribution in [3.63, 3.8) is 0 Å². The van der Waals surface area contributed by atoms with Crippen LogP contribution >= 0.6 is 0 Å². The largest absolute Gasteiger partial charge is 0.349 e. The molecule has 21 heavy (non-hydrogen) atoms. The summed E-state index contributed by atoms with van der Waals surface area (Å²) >= 11 is 0. The highest BCUT2D eigenvalue weighted by atomic mass is 16.2. The van der Waals surface area contributed by atoms with Crippen LogP contribution in [0, 0.1) is 0 Å². The Bertz CT molecular complexity index is 471. The molecule has 0 heterocycles. The molecule has 0 saturated carbocycles. The fraction of sp³-hybridized carbons (Fsp3) is 0.467. The maximum atomic E-state index is 11.7. The van der Waals surface area contributed by atoms with Gasteiger partial charge >= 0.3 is 6.03 Å². The highest BCUT2D eigenvalue weighted by molar-refractivity contribution is 5.89. The molecule has 1 unspecified atom stereocenters. The van der Waals surface area contributed by atoms with Gasteiger partial charge in [-0.1, -0.05) is 12.1 Å². The van der Waals surface area contributed by atoms with Crippen LogP contribution in [0.4, 0.5) is 10.5 Å². The van der Waals surface area contributed by atoms with Crippen LogP contribution in [-0.2, 0) is 4.79 Å². The Morgan fingerprint density at radius 3 is 2.33 bits per heavy atom. The molecule has 0 aromatic heterocycles. The van der Waals surface area contributed by atoms with Crippen LogP contribution < -0.4 is 16.0 Å². The molecule has 0 aliphatic heterocycles. The van der Waals surface area contributed by atoms with Crippen molar-refractivity contribution in [1.82, 2.24) is 15.5 Å². The molecule has 3 amide bonds. The van der Waals surface area contributed by atoms with Gasteiger partial charge < -0.3 is 20.9 Å². The third-order valence-corrected chi connectivity index (χ3v) is 3.22. The highest BCUT2D eigenvalue weighted by Gasteiger charge is 2.06. The summed E-state index contributed by atoms with van der Waals surface area (Å²) in [5.74, 6) is -0.0132. The number of benzene rings is 1. The second kappa shape index (κ2) is 8.26. The van der Waals surface area contributed by atoms with Gasteiger partial charge in [-0.15, -0.1) is 0 Å². The van der Waals surface area contributed by atoms with Gasteiger partial charge in [0.25, 0.3) is 0 Å².